The second-order valence-corrected chi connectivity index (χ2v) is 4.93. The Bertz CT molecular complexity index is 450. The van der Waals surface area contributed by atoms with Gasteiger partial charge in [0.25, 0.3) is 0 Å². The summed E-state index contributed by atoms with van der Waals surface area (Å²) in [4.78, 5) is 0. The van der Waals surface area contributed by atoms with Gasteiger partial charge in [0.15, 0.2) is 5.44 Å². The fraction of sp³-hybridized carbons (Fsp3) is 0.333. The SMILES string of the molecule is O=S(=O)([O-])C(O)[C@H]1N[C@@H]1c1ccccc1.[Na+]. The van der Waals surface area contributed by atoms with Crippen LogP contribution in [0.2, 0.25) is 0 Å². The molecule has 1 aromatic carbocycles. The molecule has 0 aromatic heterocycles. The third kappa shape index (κ3) is 3.04. The van der Waals surface area contributed by atoms with Gasteiger partial charge in [-0.25, -0.2) is 8.42 Å². The van der Waals surface area contributed by atoms with E-state index >= 15 is 0 Å². The van der Waals surface area contributed by atoms with E-state index in [9.17, 15) is 18.1 Å². The Balaban J connectivity index is 0.00000128. The van der Waals surface area contributed by atoms with Crippen LogP contribution < -0.4 is 34.9 Å². The maximum atomic E-state index is 10.5. The van der Waals surface area contributed by atoms with Crippen molar-refractivity contribution in [1.29, 1.82) is 0 Å². The maximum Gasteiger partial charge on any atom is 1.00 e. The maximum absolute atomic E-state index is 10.5. The van der Waals surface area contributed by atoms with Crippen molar-refractivity contribution in [2.75, 3.05) is 0 Å². The molecule has 1 fully saturated rings. The first-order chi connectivity index (χ1) is 7.00. The Morgan fingerprint density at radius 3 is 2.38 bits per heavy atom. The van der Waals surface area contributed by atoms with Crippen LogP contribution in [-0.2, 0) is 10.1 Å². The summed E-state index contributed by atoms with van der Waals surface area (Å²) < 4.78 is 31.6. The third-order valence-electron chi connectivity index (χ3n) is 2.38. The van der Waals surface area contributed by atoms with Crippen LogP contribution in [0.1, 0.15) is 11.6 Å². The van der Waals surface area contributed by atoms with E-state index in [1.165, 1.54) is 0 Å². The molecular weight excluding hydrogens is 241 g/mol. The molecule has 3 atom stereocenters. The molecule has 0 spiro atoms. The number of nitrogens with one attached hydrogen (secondary N) is 1. The molecular formula is C9H10NNaO4S. The van der Waals surface area contributed by atoms with Crippen LogP contribution >= 0.6 is 0 Å². The molecule has 82 valence electrons. The molecule has 1 aliphatic heterocycles. The largest absolute Gasteiger partial charge is 1.00 e. The molecule has 0 radical (unpaired) electrons. The summed E-state index contributed by atoms with van der Waals surface area (Å²) >= 11 is 0. The molecule has 7 heteroatoms. The van der Waals surface area contributed by atoms with Crippen molar-refractivity contribution >= 4 is 10.1 Å². The zero-order valence-corrected chi connectivity index (χ0v) is 11.5. The van der Waals surface area contributed by atoms with E-state index in [4.69, 9.17) is 0 Å². The Kier molecular flexibility index (Phi) is 4.53. The summed E-state index contributed by atoms with van der Waals surface area (Å²) in [7, 11) is -4.64. The number of hydrogen-bond donors (Lipinski definition) is 2. The molecule has 0 saturated carbocycles. The summed E-state index contributed by atoms with van der Waals surface area (Å²) in [6.07, 6.45) is 0. The van der Waals surface area contributed by atoms with Crippen molar-refractivity contribution in [2.45, 2.75) is 17.5 Å². The Labute approximate surface area is 116 Å². The molecule has 1 aliphatic rings. The Hall–Kier alpha value is 0.0500. The van der Waals surface area contributed by atoms with Crippen LogP contribution in [0.15, 0.2) is 30.3 Å². The van der Waals surface area contributed by atoms with Gasteiger partial charge in [0.1, 0.15) is 10.1 Å². The van der Waals surface area contributed by atoms with Crippen LogP contribution in [0.25, 0.3) is 0 Å². The fourth-order valence-electron chi connectivity index (χ4n) is 1.54. The topological polar surface area (TPSA) is 99.4 Å². The van der Waals surface area contributed by atoms with Crippen LogP contribution in [0.4, 0.5) is 0 Å². The van der Waals surface area contributed by atoms with Crippen molar-refractivity contribution in [3.05, 3.63) is 35.9 Å². The van der Waals surface area contributed by atoms with Gasteiger partial charge < -0.3 is 15.0 Å². The number of aliphatic hydroxyl groups is 1. The van der Waals surface area contributed by atoms with Crippen molar-refractivity contribution in [3.8, 4) is 0 Å². The van der Waals surface area contributed by atoms with E-state index in [1.807, 2.05) is 30.3 Å². The first-order valence-electron chi connectivity index (χ1n) is 4.44. The summed E-state index contributed by atoms with van der Waals surface area (Å²) in [6, 6.07) is 8.14. The van der Waals surface area contributed by atoms with Crippen LogP contribution in [0, 0.1) is 0 Å². The quantitative estimate of drug-likeness (QED) is 0.331. The van der Waals surface area contributed by atoms with Gasteiger partial charge in [-0.15, -0.1) is 0 Å². The number of aliphatic hydroxyl groups excluding tert-OH is 1. The molecule has 2 N–H and O–H groups in total. The number of hydrogen-bond acceptors (Lipinski definition) is 5. The Morgan fingerprint density at radius 1 is 1.31 bits per heavy atom. The monoisotopic (exact) mass is 251 g/mol. The van der Waals surface area contributed by atoms with Crippen molar-refractivity contribution < 1.29 is 47.6 Å². The van der Waals surface area contributed by atoms with Gasteiger partial charge in [0.05, 0.1) is 12.1 Å². The molecule has 0 amide bonds. The van der Waals surface area contributed by atoms with Crippen molar-refractivity contribution in [1.82, 2.24) is 5.32 Å². The predicted octanol–water partition coefficient (Wildman–Crippen LogP) is -3.43. The summed E-state index contributed by atoms with van der Waals surface area (Å²) in [5, 5.41) is 12.0. The Morgan fingerprint density at radius 2 is 1.88 bits per heavy atom. The van der Waals surface area contributed by atoms with Gasteiger partial charge >= 0.3 is 29.6 Å². The minimum atomic E-state index is -4.64. The van der Waals surface area contributed by atoms with E-state index in [-0.39, 0.29) is 35.6 Å². The number of rotatable bonds is 3. The molecule has 1 unspecified atom stereocenters. The first kappa shape index (κ1) is 14.1. The summed E-state index contributed by atoms with van der Waals surface area (Å²) in [5.41, 5.74) is -1.01. The van der Waals surface area contributed by atoms with Gasteiger partial charge in [-0.1, -0.05) is 30.3 Å². The minimum absolute atomic E-state index is 0. The van der Waals surface area contributed by atoms with Crippen LogP contribution in [0.3, 0.4) is 0 Å². The fourth-order valence-corrected chi connectivity index (χ4v) is 2.14. The zero-order valence-electron chi connectivity index (χ0n) is 8.70. The summed E-state index contributed by atoms with van der Waals surface area (Å²) in [6.45, 7) is 0. The molecule has 5 nitrogen and oxygen atoms in total. The average Bonchev–Trinajstić information content (AvgIpc) is 2.96. The van der Waals surface area contributed by atoms with E-state index in [1.54, 1.807) is 0 Å². The standard InChI is InChI=1S/C9H11NO4S.Na/c11-9(15(12,13)14)8-7(10-8)6-4-2-1-3-5-6;/h1-5,7-11H,(H,12,13,14);/q;+1/p-1/t7-,8+,9?;/m1./s1. The van der Waals surface area contributed by atoms with Gasteiger partial charge in [0, 0.05) is 0 Å². The smallest absolute Gasteiger partial charge is 0.746 e. The van der Waals surface area contributed by atoms with Crippen LogP contribution in [-0.4, -0.2) is 29.6 Å². The van der Waals surface area contributed by atoms with E-state index in [2.05, 4.69) is 5.32 Å². The second-order valence-electron chi connectivity index (χ2n) is 3.46. The molecule has 16 heavy (non-hydrogen) atoms. The van der Waals surface area contributed by atoms with Gasteiger partial charge in [-0.2, -0.15) is 0 Å². The van der Waals surface area contributed by atoms with Crippen LogP contribution in [0.5, 0.6) is 0 Å². The molecule has 1 aromatic rings. The average molecular weight is 251 g/mol. The normalized spacial score (nSPS) is 25.6. The minimum Gasteiger partial charge on any atom is -0.746 e. The summed E-state index contributed by atoms with van der Waals surface area (Å²) in [5.74, 6) is 0. The first-order valence-corrected chi connectivity index (χ1v) is 5.91. The van der Waals surface area contributed by atoms with Crippen molar-refractivity contribution in [3.63, 3.8) is 0 Å². The van der Waals surface area contributed by atoms with Gasteiger partial charge in [-0.3, -0.25) is 0 Å². The predicted molar refractivity (Wildman–Crippen MR) is 51.8 cm³/mol. The zero-order chi connectivity index (χ0) is 11.1. The third-order valence-corrected chi connectivity index (χ3v) is 3.27. The molecule has 2 rings (SSSR count). The molecule has 0 bridgehead atoms. The van der Waals surface area contributed by atoms with Gasteiger partial charge in [-0.05, 0) is 5.56 Å². The molecule has 1 saturated heterocycles. The van der Waals surface area contributed by atoms with E-state index in [0.717, 1.165) is 5.56 Å². The van der Waals surface area contributed by atoms with Crippen molar-refractivity contribution in [2.24, 2.45) is 0 Å². The van der Waals surface area contributed by atoms with E-state index < -0.39 is 21.6 Å². The number of benzene rings is 1. The molecule has 1 heterocycles. The second kappa shape index (κ2) is 5.14. The van der Waals surface area contributed by atoms with E-state index in [0.29, 0.717) is 0 Å². The molecule has 0 aliphatic carbocycles. The van der Waals surface area contributed by atoms with Gasteiger partial charge in [0.2, 0.25) is 0 Å².